The second-order valence-electron chi connectivity index (χ2n) is 5.64. The fourth-order valence-corrected chi connectivity index (χ4v) is 5.65. The minimum Gasteiger partial charge on any atom is -0.391 e. The Morgan fingerprint density at radius 3 is 2.55 bits per heavy atom. The molecule has 1 N–H and O–H groups in total. The molecule has 3 heterocycles. The van der Waals surface area contributed by atoms with Crippen LogP contribution in [0, 0.1) is 5.92 Å². The Kier molecular flexibility index (Phi) is 5.26. The van der Waals surface area contributed by atoms with Crippen molar-refractivity contribution in [1.29, 1.82) is 0 Å². The summed E-state index contributed by atoms with van der Waals surface area (Å²) in [6.45, 7) is 1.89. The maximum Gasteiger partial charge on any atom is 0.0710 e. The van der Waals surface area contributed by atoms with Crippen molar-refractivity contribution in [3.63, 3.8) is 0 Å². The van der Waals surface area contributed by atoms with Crippen molar-refractivity contribution < 1.29 is 5.11 Å². The molecule has 2 atom stereocenters. The van der Waals surface area contributed by atoms with Crippen LogP contribution in [-0.4, -0.2) is 63.2 Å². The molecule has 3 nitrogen and oxygen atoms in total. The molecule has 110 valence electrons. The lowest BCUT2D eigenvalue weighted by Gasteiger charge is -2.25. The van der Waals surface area contributed by atoms with Crippen LogP contribution in [0.25, 0.3) is 0 Å². The van der Waals surface area contributed by atoms with Crippen molar-refractivity contribution >= 4 is 23.5 Å². The number of rotatable bonds is 3. The average molecular weight is 310 g/mol. The monoisotopic (exact) mass is 310 g/mol. The Hall–Kier alpha value is -0.230. The van der Waals surface area contributed by atoms with E-state index in [0.717, 1.165) is 19.5 Å². The van der Waals surface area contributed by atoms with E-state index in [1.165, 1.54) is 28.6 Å². The van der Waals surface area contributed by atoms with E-state index in [1.807, 2.05) is 12.4 Å². The number of hydrogen-bond donors (Lipinski definition) is 1. The van der Waals surface area contributed by atoms with E-state index in [0.29, 0.717) is 12.0 Å². The van der Waals surface area contributed by atoms with Gasteiger partial charge in [0.05, 0.1) is 6.10 Å². The van der Waals surface area contributed by atoms with Crippen LogP contribution in [0.2, 0.25) is 0 Å². The van der Waals surface area contributed by atoms with Crippen molar-refractivity contribution in [2.45, 2.75) is 18.6 Å². The van der Waals surface area contributed by atoms with Crippen molar-refractivity contribution in [2.24, 2.45) is 5.92 Å². The SMILES string of the molecule is O[C@H]1CN(C2CSCCSC2)C[C@H]1Cc1ccncc1. The number of hydrogen-bond acceptors (Lipinski definition) is 5. The van der Waals surface area contributed by atoms with Crippen molar-refractivity contribution in [2.75, 3.05) is 36.1 Å². The van der Waals surface area contributed by atoms with Gasteiger partial charge in [0.2, 0.25) is 0 Å². The second-order valence-corrected chi connectivity index (χ2v) is 7.94. The molecule has 0 unspecified atom stereocenters. The summed E-state index contributed by atoms with van der Waals surface area (Å²) in [5.41, 5.74) is 1.29. The first kappa shape index (κ1) is 14.7. The van der Waals surface area contributed by atoms with Gasteiger partial charge < -0.3 is 5.11 Å². The molecule has 3 rings (SSSR count). The van der Waals surface area contributed by atoms with Gasteiger partial charge in [0.15, 0.2) is 0 Å². The van der Waals surface area contributed by atoms with Gasteiger partial charge in [-0.05, 0) is 24.1 Å². The van der Waals surface area contributed by atoms with Crippen LogP contribution >= 0.6 is 23.5 Å². The first-order chi connectivity index (χ1) is 9.83. The van der Waals surface area contributed by atoms with Gasteiger partial charge in [-0.2, -0.15) is 23.5 Å². The van der Waals surface area contributed by atoms with Gasteiger partial charge in [-0.3, -0.25) is 9.88 Å². The van der Waals surface area contributed by atoms with Gasteiger partial charge in [-0.15, -0.1) is 0 Å². The number of β-amino-alcohol motifs (C(OH)–C–C–N with tert-alkyl or cyclic N) is 1. The van der Waals surface area contributed by atoms with E-state index in [1.54, 1.807) is 0 Å². The lowest BCUT2D eigenvalue weighted by molar-refractivity contribution is 0.139. The Labute approximate surface area is 129 Å². The number of aliphatic hydroxyl groups excluding tert-OH is 1. The zero-order chi connectivity index (χ0) is 13.8. The highest BCUT2D eigenvalue weighted by atomic mass is 32.2. The van der Waals surface area contributed by atoms with Gasteiger partial charge >= 0.3 is 0 Å². The third-order valence-electron chi connectivity index (χ3n) is 4.19. The van der Waals surface area contributed by atoms with Crippen LogP contribution in [0.5, 0.6) is 0 Å². The molecule has 2 aliphatic rings. The van der Waals surface area contributed by atoms with E-state index in [-0.39, 0.29) is 6.10 Å². The number of likely N-dealkylation sites (tertiary alicyclic amines) is 1. The van der Waals surface area contributed by atoms with Crippen LogP contribution in [0.4, 0.5) is 0 Å². The molecule has 2 fully saturated rings. The van der Waals surface area contributed by atoms with E-state index < -0.39 is 0 Å². The number of thioether (sulfide) groups is 2. The lowest BCUT2D eigenvalue weighted by Crippen LogP contribution is -2.37. The Bertz CT molecular complexity index is 410. The molecular weight excluding hydrogens is 288 g/mol. The van der Waals surface area contributed by atoms with Crippen LogP contribution in [0.15, 0.2) is 24.5 Å². The normalized spacial score (nSPS) is 29.4. The highest BCUT2D eigenvalue weighted by Crippen LogP contribution is 2.27. The summed E-state index contributed by atoms with van der Waals surface area (Å²) in [4.78, 5) is 6.58. The quantitative estimate of drug-likeness (QED) is 0.921. The van der Waals surface area contributed by atoms with E-state index in [2.05, 4.69) is 45.5 Å². The fourth-order valence-electron chi connectivity index (χ4n) is 3.02. The third-order valence-corrected chi connectivity index (χ3v) is 6.68. The zero-order valence-electron chi connectivity index (χ0n) is 11.6. The highest BCUT2D eigenvalue weighted by Gasteiger charge is 2.35. The van der Waals surface area contributed by atoms with Crippen LogP contribution < -0.4 is 0 Å². The fraction of sp³-hybridized carbons (Fsp3) is 0.667. The number of aliphatic hydroxyl groups is 1. The van der Waals surface area contributed by atoms with Crippen LogP contribution in [-0.2, 0) is 6.42 Å². The number of aromatic nitrogens is 1. The average Bonchev–Trinajstić information content (AvgIpc) is 2.70. The van der Waals surface area contributed by atoms with Crippen molar-refractivity contribution in [1.82, 2.24) is 9.88 Å². The molecule has 0 radical (unpaired) electrons. The summed E-state index contributed by atoms with van der Waals surface area (Å²) in [5.74, 6) is 5.37. The summed E-state index contributed by atoms with van der Waals surface area (Å²) in [6, 6.07) is 4.77. The summed E-state index contributed by atoms with van der Waals surface area (Å²) in [7, 11) is 0. The molecule has 1 aromatic rings. The zero-order valence-corrected chi connectivity index (χ0v) is 13.3. The number of pyridine rings is 1. The Morgan fingerprint density at radius 1 is 1.15 bits per heavy atom. The Balaban J connectivity index is 1.58. The lowest BCUT2D eigenvalue weighted by atomic mass is 9.97. The minimum absolute atomic E-state index is 0.179. The first-order valence-electron chi connectivity index (χ1n) is 7.29. The maximum absolute atomic E-state index is 10.4. The van der Waals surface area contributed by atoms with E-state index in [4.69, 9.17) is 0 Å². The first-order valence-corrected chi connectivity index (χ1v) is 9.60. The summed E-state index contributed by atoms with van der Waals surface area (Å²) in [6.07, 6.45) is 4.47. The minimum atomic E-state index is -0.179. The predicted molar refractivity (Wildman–Crippen MR) is 87.4 cm³/mol. The molecule has 0 saturated carbocycles. The van der Waals surface area contributed by atoms with Gasteiger partial charge in [0, 0.05) is 60.5 Å². The largest absolute Gasteiger partial charge is 0.391 e. The summed E-state index contributed by atoms with van der Waals surface area (Å²) in [5, 5.41) is 10.4. The standard InChI is InChI=1S/C15H22N2OS2/c18-15-9-17(14-10-19-5-6-20-11-14)8-13(15)7-12-1-3-16-4-2-12/h1-4,13-15,18H,5-11H2/t13-,15+/m1/s1. The van der Waals surface area contributed by atoms with Crippen LogP contribution in [0.3, 0.4) is 0 Å². The molecule has 0 aliphatic carbocycles. The third kappa shape index (κ3) is 3.70. The van der Waals surface area contributed by atoms with Gasteiger partial charge in [-0.25, -0.2) is 0 Å². The number of nitrogens with zero attached hydrogens (tertiary/aromatic N) is 2. The van der Waals surface area contributed by atoms with Gasteiger partial charge in [-0.1, -0.05) is 0 Å². The molecule has 5 heteroatoms. The van der Waals surface area contributed by atoms with Crippen molar-refractivity contribution in [3.8, 4) is 0 Å². The smallest absolute Gasteiger partial charge is 0.0710 e. The molecule has 0 bridgehead atoms. The molecule has 0 amide bonds. The molecule has 0 spiro atoms. The van der Waals surface area contributed by atoms with Crippen molar-refractivity contribution in [3.05, 3.63) is 30.1 Å². The van der Waals surface area contributed by atoms with E-state index in [9.17, 15) is 5.11 Å². The second kappa shape index (κ2) is 7.16. The highest BCUT2D eigenvalue weighted by molar-refractivity contribution is 8.03. The maximum atomic E-state index is 10.4. The van der Waals surface area contributed by atoms with Gasteiger partial charge in [0.1, 0.15) is 0 Å². The summed E-state index contributed by atoms with van der Waals surface area (Å²) < 4.78 is 0. The van der Waals surface area contributed by atoms with Crippen LogP contribution in [0.1, 0.15) is 5.56 Å². The summed E-state index contributed by atoms with van der Waals surface area (Å²) >= 11 is 4.13. The molecule has 2 saturated heterocycles. The van der Waals surface area contributed by atoms with Gasteiger partial charge in [0.25, 0.3) is 0 Å². The molecule has 20 heavy (non-hydrogen) atoms. The molecule has 0 aromatic carbocycles. The topological polar surface area (TPSA) is 36.4 Å². The molecule has 1 aromatic heterocycles. The molecule has 2 aliphatic heterocycles. The van der Waals surface area contributed by atoms with E-state index >= 15 is 0 Å². The molecular formula is C15H22N2OS2. The predicted octanol–water partition coefficient (Wildman–Crippen LogP) is 1.77. The Morgan fingerprint density at radius 2 is 1.85 bits per heavy atom.